The van der Waals surface area contributed by atoms with Crippen LogP contribution in [0.15, 0.2) is 78.9 Å². The smallest absolute Gasteiger partial charge is 0.273 e. The summed E-state index contributed by atoms with van der Waals surface area (Å²) in [6, 6.07) is 23.6. The Morgan fingerprint density at radius 2 is 1.91 bits per heavy atom. The zero-order valence-corrected chi connectivity index (χ0v) is 18.4. The Morgan fingerprint density at radius 1 is 1.06 bits per heavy atom. The molecule has 0 aromatic heterocycles. The molecule has 1 heterocycles. The summed E-state index contributed by atoms with van der Waals surface area (Å²) in [6.07, 6.45) is 0. The molecule has 1 amide bonds. The Hall–Kier alpha value is -4.59. The molecule has 4 aromatic rings. The number of nitrogens with zero attached hydrogens (tertiary/aromatic N) is 2. The van der Waals surface area contributed by atoms with Crippen molar-refractivity contribution in [2.75, 3.05) is 24.1 Å². The predicted molar refractivity (Wildman–Crippen MR) is 130 cm³/mol. The minimum absolute atomic E-state index is 0.116. The SMILES string of the molecule is COc1cc([N+](=O)[O-])ccc1NC(=O)c1cccc(N2COc3ccc4ccccc4c3C2)c1. The van der Waals surface area contributed by atoms with Crippen molar-refractivity contribution in [3.8, 4) is 11.5 Å². The van der Waals surface area contributed by atoms with Crippen molar-refractivity contribution in [3.05, 3.63) is 100 Å². The number of rotatable bonds is 5. The number of hydrogen-bond acceptors (Lipinski definition) is 6. The Labute approximate surface area is 195 Å². The first-order valence-electron chi connectivity index (χ1n) is 10.7. The minimum atomic E-state index is -0.514. The van der Waals surface area contributed by atoms with Crippen LogP contribution in [0.4, 0.5) is 17.1 Å². The van der Waals surface area contributed by atoms with E-state index in [1.165, 1.54) is 25.3 Å². The van der Waals surface area contributed by atoms with Gasteiger partial charge in [-0.05, 0) is 41.1 Å². The molecule has 4 aromatic carbocycles. The molecule has 5 rings (SSSR count). The third kappa shape index (κ3) is 3.97. The second kappa shape index (κ2) is 8.74. The molecular formula is C26H21N3O5. The van der Waals surface area contributed by atoms with E-state index in [9.17, 15) is 14.9 Å². The largest absolute Gasteiger partial charge is 0.494 e. The molecule has 0 spiro atoms. The van der Waals surface area contributed by atoms with E-state index >= 15 is 0 Å². The summed E-state index contributed by atoms with van der Waals surface area (Å²) < 4.78 is 11.2. The topological polar surface area (TPSA) is 93.9 Å². The summed E-state index contributed by atoms with van der Waals surface area (Å²) in [7, 11) is 1.40. The quantitative estimate of drug-likeness (QED) is 0.321. The number of nitro groups is 1. The molecule has 1 aliphatic heterocycles. The zero-order chi connectivity index (χ0) is 23.7. The van der Waals surface area contributed by atoms with Gasteiger partial charge in [0, 0.05) is 22.9 Å². The molecule has 0 radical (unpaired) electrons. The fourth-order valence-corrected chi connectivity index (χ4v) is 4.10. The number of methoxy groups -OCH3 is 1. The summed E-state index contributed by atoms with van der Waals surface area (Å²) in [5.74, 6) is 0.735. The van der Waals surface area contributed by atoms with Crippen molar-refractivity contribution in [1.29, 1.82) is 0 Å². The molecule has 170 valence electrons. The third-order valence-electron chi connectivity index (χ3n) is 5.84. The molecule has 8 nitrogen and oxygen atoms in total. The fourth-order valence-electron chi connectivity index (χ4n) is 4.10. The van der Waals surface area contributed by atoms with E-state index in [0.29, 0.717) is 24.5 Å². The van der Waals surface area contributed by atoms with Crippen LogP contribution in [0.5, 0.6) is 11.5 Å². The van der Waals surface area contributed by atoms with E-state index in [1.807, 2.05) is 30.3 Å². The van der Waals surface area contributed by atoms with Crippen molar-refractivity contribution < 1.29 is 19.2 Å². The number of hydrogen-bond donors (Lipinski definition) is 1. The monoisotopic (exact) mass is 455 g/mol. The van der Waals surface area contributed by atoms with Crippen LogP contribution in [-0.2, 0) is 6.54 Å². The first-order chi connectivity index (χ1) is 16.5. The van der Waals surface area contributed by atoms with Crippen LogP contribution in [0, 0.1) is 10.1 Å². The molecule has 8 heteroatoms. The number of carbonyl (C=O) groups is 1. The number of amides is 1. The average molecular weight is 455 g/mol. The Kier molecular flexibility index (Phi) is 5.47. The number of ether oxygens (including phenoxy) is 2. The molecule has 1 aliphatic rings. The van der Waals surface area contributed by atoms with E-state index in [4.69, 9.17) is 9.47 Å². The predicted octanol–water partition coefficient (Wildman–Crippen LogP) is 5.37. The lowest BCUT2D eigenvalue weighted by Crippen LogP contribution is -2.32. The van der Waals surface area contributed by atoms with Gasteiger partial charge in [-0.25, -0.2) is 0 Å². The summed E-state index contributed by atoms with van der Waals surface area (Å²) in [4.78, 5) is 25.5. The molecule has 0 bridgehead atoms. The van der Waals surface area contributed by atoms with Crippen LogP contribution < -0.4 is 19.7 Å². The number of benzene rings is 4. The van der Waals surface area contributed by atoms with E-state index in [-0.39, 0.29) is 17.3 Å². The molecular weight excluding hydrogens is 434 g/mol. The van der Waals surface area contributed by atoms with Gasteiger partial charge in [-0.3, -0.25) is 14.9 Å². The molecule has 0 saturated heterocycles. The van der Waals surface area contributed by atoms with Crippen LogP contribution in [0.25, 0.3) is 10.8 Å². The van der Waals surface area contributed by atoms with Crippen LogP contribution in [-0.4, -0.2) is 24.7 Å². The Morgan fingerprint density at radius 3 is 2.74 bits per heavy atom. The minimum Gasteiger partial charge on any atom is -0.494 e. The highest BCUT2D eigenvalue weighted by Gasteiger charge is 2.21. The lowest BCUT2D eigenvalue weighted by molar-refractivity contribution is -0.384. The number of carbonyl (C=O) groups excluding carboxylic acids is 1. The molecule has 0 atom stereocenters. The molecule has 0 saturated carbocycles. The molecule has 0 fully saturated rings. The average Bonchev–Trinajstić information content (AvgIpc) is 2.88. The van der Waals surface area contributed by atoms with Gasteiger partial charge in [0.05, 0.1) is 30.3 Å². The first-order valence-corrected chi connectivity index (χ1v) is 10.7. The summed E-state index contributed by atoms with van der Waals surface area (Å²) >= 11 is 0. The third-order valence-corrected chi connectivity index (χ3v) is 5.84. The van der Waals surface area contributed by atoms with E-state index < -0.39 is 4.92 Å². The lowest BCUT2D eigenvalue weighted by atomic mass is 10.0. The van der Waals surface area contributed by atoms with Gasteiger partial charge in [0.2, 0.25) is 0 Å². The highest BCUT2D eigenvalue weighted by molar-refractivity contribution is 6.05. The standard InChI is InChI=1S/C26H21N3O5/c1-33-25-14-20(29(31)32)10-11-23(25)27-26(30)18-6-4-7-19(13-18)28-15-22-21-8-3-2-5-17(21)9-12-24(22)34-16-28/h2-14H,15-16H2,1H3,(H,27,30). The van der Waals surface area contributed by atoms with Gasteiger partial charge in [0.25, 0.3) is 11.6 Å². The van der Waals surface area contributed by atoms with Gasteiger partial charge in [0.1, 0.15) is 11.5 Å². The highest BCUT2D eigenvalue weighted by atomic mass is 16.6. The van der Waals surface area contributed by atoms with Gasteiger partial charge < -0.3 is 19.7 Å². The molecule has 1 N–H and O–H groups in total. The zero-order valence-electron chi connectivity index (χ0n) is 18.4. The number of nitrogens with one attached hydrogen (secondary N) is 1. The second-order valence-corrected chi connectivity index (χ2v) is 7.88. The fraction of sp³-hybridized carbons (Fsp3) is 0.115. The molecule has 0 unspecified atom stereocenters. The van der Waals surface area contributed by atoms with Crippen molar-refractivity contribution in [2.45, 2.75) is 6.54 Å². The van der Waals surface area contributed by atoms with E-state index in [2.05, 4.69) is 28.4 Å². The van der Waals surface area contributed by atoms with Crippen molar-refractivity contribution >= 4 is 33.7 Å². The number of non-ortho nitro benzene ring substituents is 1. The van der Waals surface area contributed by atoms with Crippen LogP contribution in [0.1, 0.15) is 15.9 Å². The maximum Gasteiger partial charge on any atom is 0.273 e. The second-order valence-electron chi connectivity index (χ2n) is 7.88. The number of fused-ring (bicyclic) bond motifs is 3. The van der Waals surface area contributed by atoms with E-state index in [0.717, 1.165) is 27.8 Å². The Balaban J connectivity index is 1.39. The molecule has 0 aliphatic carbocycles. The number of nitro benzene ring substituents is 1. The van der Waals surface area contributed by atoms with Gasteiger partial charge >= 0.3 is 0 Å². The van der Waals surface area contributed by atoms with Gasteiger partial charge in [0.15, 0.2) is 6.73 Å². The van der Waals surface area contributed by atoms with Crippen LogP contribution in [0.3, 0.4) is 0 Å². The van der Waals surface area contributed by atoms with Gasteiger partial charge in [-0.2, -0.15) is 0 Å². The van der Waals surface area contributed by atoms with Crippen molar-refractivity contribution in [1.82, 2.24) is 0 Å². The van der Waals surface area contributed by atoms with E-state index in [1.54, 1.807) is 12.1 Å². The number of anilines is 2. The first kappa shape index (κ1) is 21.3. The lowest BCUT2D eigenvalue weighted by Gasteiger charge is -2.31. The maximum absolute atomic E-state index is 13.0. The van der Waals surface area contributed by atoms with Gasteiger partial charge in [-0.15, -0.1) is 0 Å². The Bertz CT molecular complexity index is 1420. The van der Waals surface area contributed by atoms with Crippen LogP contribution >= 0.6 is 0 Å². The summed E-state index contributed by atoms with van der Waals surface area (Å²) in [6.45, 7) is 1.02. The molecule has 34 heavy (non-hydrogen) atoms. The van der Waals surface area contributed by atoms with Crippen molar-refractivity contribution in [2.24, 2.45) is 0 Å². The highest BCUT2D eigenvalue weighted by Crippen LogP contribution is 2.34. The van der Waals surface area contributed by atoms with Crippen molar-refractivity contribution in [3.63, 3.8) is 0 Å². The summed E-state index contributed by atoms with van der Waals surface area (Å²) in [5, 5.41) is 16.1. The van der Waals surface area contributed by atoms with Crippen LogP contribution in [0.2, 0.25) is 0 Å². The normalized spacial score (nSPS) is 12.6. The van der Waals surface area contributed by atoms with Gasteiger partial charge in [-0.1, -0.05) is 36.4 Å². The maximum atomic E-state index is 13.0. The summed E-state index contributed by atoms with van der Waals surface area (Å²) in [5.41, 5.74) is 2.64.